The van der Waals surface area contributed by atoms with E-state index in [1.807, 2.05) is 0 Å². The van der Waals surface area contributed by atoms with Gasteiger partial charge in [0, 0.05) is 11.9 Å². The molecule has 1 aromatic carbocycles. The molecule has 0 atom stereocenters. The zero-order valence-electron chi connectivity index (χ0n) is 9.30. The summed E-state index contributed by atoms with van der Waals surface area (Å²) in [5.41, 5.74) is 5.52. The number of carbonyl (C=O) groups is 1. The Hall–Kier alpha value is -2.30. The van der Waals surface area contributed by atoms with E-state index in [0.717, 1.165) is 0 Å². The van der Waals surface area contributed by atoms with E-state index in [1.54, 1.807) is 31.2 Å². The lowest BCUT2D eigenvalue weighted by atomic mass is 10.1. The number of nitrogen functional groups attached to an aromatic ring is 1. The molecule has 0 spiro atoms. The number of benzene rings is 1. The summed E-state index contributed by atoms with van der Waals surface area (Å²) in [5, 5.41) is 9.62. The first-order valence-electron chi connectivity index (χ1n) is 5.22. The van der Waals surface area contributed by atoms with Crippen LogP contribution in [0.5, 0.6) is 0 Å². The first-order chi connectivity index (χ1) is 8.07. The van der Waals surface area contributed by atoms with Crippen LogP contribution in [-0.2, 0) is 6.54 Å². The molecule has 1 heterocycles. The Kier molecular flexibility index (Phi) is 2.59. The number of para-hydroxylation sites is 1. The monoisotopic (exact) mass is 232 g/mol. The van der Waals surface area contributed by atoms with Gasteiger partial charge in [0.05, 0.1) is 11.2 Å². The molecule has 0 unspecified atom stereocenters. The van der Waals surface area contributed by atoms with Crippen molar-refractivity contribution in [2.45, 2.75) is 13.5 Å². The first-order valence-corrected chi connectivity index (χ1v) is 5.22. The number of aromatic nitrogens is 1. The minimum Gasteiger partial charge on any atom is -0.477 e. The quantitative estimate of drug-likeness (QED) is 0.817. The van der Waals surface area contributed by atoms with E-state index in [4.69, 9.17) is 10.8 Å². The number of nitrogens with two attached hydrogens (primary N) is 1. The molecule has 5 heteroatoms. The van der Waals surface area contributed by atoms with Gasteiger partial charge in [-0.2, -0.15) is 0 Å². The van der Waals surface area contributed by atoms with Crippen LogP contribution in [-0.4, -0.2) is 15.6 Å². The first kappa shape index (κ1) is 11.2. The van der Waals surface area contributed by atoms with E-state index >= 15 is 0 Å². The smallest absolute Gasteiger partial charge is 0.343 e. The molecular weight excluding hydrogens is 220 g/mol. The van der Waals surface area contributed by atoms with Crippen molar-refractivity contribution in [2.24, 2.45) is 0 Å². The molecule has 3 N–H and O–H groups in total. The fraction of sp³-hybridized carbons (Fsp3) is 0.167. The highest BCUT2D eigenvalue weighted by atomic mass is 16.4. The molecule has 5 nitrogen and oxygen atoms in total. The van der Waals surface area contributed by atoms with Gasteiger partial charge in [0.2, 0.25) is 0 Å². The minimum absolute atomic E-state index is 0.0304. The van der Waals surface area contributed by atoms with Gasteiger partial charge in [-0.1, -0.05) is 18.2 Å². The second-order valence-electron chi connectivity index (χ2n) is 3.66. The van der Waals surface area contributed by atoms with Crippen LogP contribution < -0.4 is 11.3 Å². The fourth-order valence-electron chi connectivity index (χ4n) is 1.95. The second-order valence-corrected chi connectivity index (χ2v) is 3.66. The third-order valence-corrected chi connectivity index (χ3v) is 2.74. The number of aromatic carboxylic acids is 1. The van der Waals surface area contributed by atoms with Crippen LogP contribution >= 0.6 is 0 Å². The minimum atomic E-state index is -1.29. The van der Waals surface area contributed by atoms with E-state index in [1.165, 1.54) is 4.57 Å². The average Bonchev–Trinajstić information content (AvgIpc) is 2.29. The van der Waals surface area contributed by atoms with Crippen molar-refractivity contribution >= 4 is 22.6 Å². The summed E-state index contributed by atoms with van der Waals surface area (Å²) in [5.74, 6) is -1.29. The van der Waals surface area contributed by atoms with Crippen molar-refractivity contribution in [3.05, 3.63) is 40.2 Å². The van der Waals surface area contributed by atoms with Crippen LogP contribution in [0, 0.1) is 0 Å². The average molecular weight is 232 g/mol. The Bertz CT molecular complexity index is 659. The highest BCUT2D eigenvalue weighted by Crippen LogP contribution is 2.22. The van der Waals surface area contributed by atoms with Crippen molar-refractivity contribution in [3.63, 3.8) is 0 Å². The molecule has 0 fully saturated rings. The lowest BCUT2D eigenvalue weighted by Gasteiger charge is -2.12. The number of anilines is 1. The zero-order valence-corrected chi connectivity index (χ0v) is 9.30. The van der Waals surface area contributed by atoms with E-state index in [0.29, 0.717) is 17.4 Å². The lowest BCUT2D eigenvalue weighted by molar-refractivity contribution is 0.0695. The number of nitrogens with zero attached hydrogens (tertiary/aromatic N) is 1. The number of fused-ring (bicyclic) bond motifs is 1. The summed E-state index contributed by atoms with van der Waals surface area (Å²) in [6.07, 6.45) is 0. The van der Waals surface area contributed by atoms with Gasteiger partial charge < -0.3 is 15.4 Å². The highest BCUT2D eigenvalue weighted by molar-refractivity contribution is 6.03. The molecule has 2 aromatic rings. The van der Waals surface area contributed by atoms with Crippen molar-refractivity contribution in [1.29, 1.82) is 0 Å². The van der Waals surface area contributed by atoms with Gasteiger partial charge in [-0.3, -0.25) is 4.79 Å². The number of carboxylic acid groups (broad SMARTS) is 1. The van der Waals surface area contributed by atoms with Crippen molar-refractivity contribution in [3.8, 4) is 0 Å². The Morgan fingerprint density at radius 1 is 1.41 bits per heavy atom. The molecule has 0 amide bonds. The molecule has 88 valence electrons. The maximum atomic E-state index is 12.0. The SMILES string of the molecule is CCn1c(=O)c(C(=O)O)c(N)c2ccccc21. The molecule has 17 heavy (non-hydrogen) atoms. The third kappa shape index (κ3) is 1.56. The second kappa shape index (κ2) is 3.93. The molecule has 0 saturated carbocycles. The molecule has 1 aromatic heterocycles. The molecule has 0 aliphatic heterocycles. The van der Waals surface area contributed by atoms with Gasteiger partial charge in [-0.15, -0.1) is 0 Å². The molecule has 2 rings (SSSR count). The fourth-order valence-corrected chi connectivity index (χ4v) is 1.95. The number of hydrogen-bond acceptors (Lipinski definition) is 3. The number of hydrogen-bond donors (Lipinski definition) is 2. The van der Waals surface area contributed by atoms with Crippen LogP contribution in [0.1, 0.15) is 17.3 Å². The summed E-state index contributed by atoms with van der Waals surface area (Å²) in [4.78, 5) is 23.0. The Balaban J connectivity index is 3.05. The van der Waals surface area contributed by atoms with E-state index in [2.05, 4.69) is 0 Å². The molecule has 0 radical (unpaired) electrons. The van der Waals surface area contributed by atoms with Crippen LogP contribution in [0.3, 0.4) is 0 Å². The van der Waals surface area contributed by atoms with Crippen molar-refractivity contribution in [2.75, 3.05) is 5.73 Å². The predicted molar refractivity (Wildman–Crippen MR) is 65.3 cm³/mol. The van der Waals surface area contributed by atoms with Crippen LogP contribution in [0.25, 0.3) is 10.9 Å². The van der Waals surface area contributed by atoms with Crippen molar-refractivity contribution < 1.29 is 9.90 Å². The largest absolute Gasteiger partial charge is 0.477 e. The van der Waals surface area contributed by atoms with E-state index in [-0.39, 0.29) is 11.3 Å². The summed E-state index contributed by atoms with van der Waals surface area (Å²) in [6.45, 7) is 2.19. The molecule has 0 aliphatic carbocycles. The normalized spacial score (nSPS) is 10.6. The Labute approximate surface area is 97.1 Å². The van der Waals surface area contributed by atoms with E-state index in [9.17, 15) is 9.59 Å². The number of carboxylic acids is 1. The highest BCUT2D eigenvalue weighted by Gasteiger charge is 2.18. The van der Waals surface area contributed by atoms with Gasteiger partial charge in [0.1, 0.15) is 5.56 Å². The van der Waals surface area contributed by atoms with Crippen LogP contribution in [0.2, 0.25) is 0 Å². The topological polar surface area (TPSA) is 85.3 Å². The van der Waals surface area contributed by atoms with Gasteiger partial charge >= 0.3 is 5.97 Å². The zero-order chi connectivity index (χ0) is 12.6. The van der Waals surface area contributed by atoms with Gasteiger partial charge in [0.15, 0.2) is 0 Å². The Morgan fingerprint density at radius 2 is 2.06 bits per heavy atom. The van der Waals surface area contributed by atoms with E-state index < -0.39 is 11.5 Å². The van der Waals surface area contributed by atoms with Gasteiger partial charge in [0.25, 0.3) is 5.56 Å². The number of pyridine rings is 1. The van der Waals surface area contributed by atoms with Crippen LogP contribution in [0.15, 0.2) is 29.1 Å². The third-order valence-electron chi connectivity index (χ3n) is 2.74. The molecule has 0 aliphatic rings. The van der Waals surface area contributed by atoms with Crippen molar-refractivity contribution in [1.82, 2.24) is 4.57 Å². The molecular formula is C12H12N2O3. The standard InChI is InChI=1S/C12H12N2O3/c1-2-14-8-6-4-3-5-7(8)10(13)9(11(14)15)12(16)17/h3-6H,2,13H2,1H3,(H,16,17). The summed E-state index contributed by atoms with van der Waals surface area (Å²) in [6, 6.07) is 7.01. The van der Waals surface area contributed by atoms with Gasteiger partial charge in [-0.25, -0.2) is 4.79 Å². The summed E-state index contributed by atoms with van der Waals surface area (Å²) in [7, 11) is 0. The molecule has 0 saturated heterocycles. The lowest BCUT2D eigenvalue weighted by Crippen LogP contribution is -2.28. The number of rotatable bonds is 2. The Morgan fingerprint density at radius 3 is 2.65 bits per heavy atom. The number of aryl methyl sites for hydroxylation is 1. The predicted octanol–water partition coefficient (Wildman–Crippen LogP) is 1.30. The summed E-state index contributed by atoms with van der Waals surface area (Å²) < 4.78 is 1.41. The molecule has 0 bridgehead atoms. The maximum Gasteiger partial charge on any atom is 0.343 e. The van der Waals surface area contributed by atoms with Crippen LogP contribution in [0.4, 0.5) is 5.69 Å². The van der Waals surface area contributed by atoms with Gasteiger partial charge in [-0.05, 0) is 13.0 Å². The maximum absolute atomic E-state index is 12.0. The summed E-state index contributed by atoms with van der Waals surface area (Å²) >= 11 is 0.